The minimum atomic E-state index is 0.131. The van der Waals surface area contributed by atoms with Crippen molar-refractivity contribution in [1.29, 1.82) is 0 Å². The van der Waals surface area contributed by atoms with Crippen LogP contribution < -0.4 is 4.74 Å². The van der Waals surface area contributed by atoms with Crippen molar-refractivity contribution in [1.82, 2.24) is 15.0 Å². The summed E-state index contributed by atoms with van der Waals surface area (Å²) >= 11 is 9.77. The third-order valence-electron chi connectivity index (χ3n) is 3.56. The molecule has 24 heavy (non-hydrogen) atoms. The molecule has 3 rings (SSSR count). The molecule has 0 bridgehead atoms. The van der Waals surface area contributed by atoms with Crippen LogP contribution in [0.2, 0.25) is 5.02 Å². The van der Waals surface area contributed by atoms with Crippen molar-refractivity contribution in [3.05, 3.63) is 51.5 Å². The van der Waals surface area contributed by atoms with Crippen LogP contribution in [0.3, 0.4) is 0 Å². The molecular weight excluding hydrogens is 390 g/mol. The average Bonchev–Trinajstić information content (AvgIpc) is 2.90. The lowest BCUT2D eigenvalue weighted by atomic mass is 9.97. The highest BCUT2D eigenvalue weighted by Crippen LogP contribution is 2.33. The molecule has 0 spiro atoms. The topological polar surface area (TPSA) is 39.9 Å². The van der Waals surface area contributed by atoms with Crippen molar-refractivity contribution in [2.75, 3.05) is 0 Å². The SMILES string of the molecule is CC(C)(C)Cn1nnc2c(Br)c(OCc3ccccc3Cl)ccc21. The number of nitrogens with zero attached hydrogens (tertiary/aromatic N) is 3. The van der Waals surface area contributed by atoms with Gasteiger partial charge in [-0.15, -0.1) is 5.10 Å². The van der Waals surface area contributed by atoms with E-state index in [4.69, 9.17) is 16.3 Å². The van der Waals surface area contributed by atoms with Crippen molar-refractivity contribution < 1.29 is 4.74 Å². The lowest BCUT2D eigenvalue weighted by Gasteiger charge is -2.18. The number of rotatable bonds is 4. The van der Waals surface area contributed by atoms with Crippen molar-refractivity contribution in [2.45, 2.75) is 33.9 Å². The summed E-state index contributed by atoms with van der Waals surface area (Å²) in [5, 5.41) is 9.27. The first-order chi connectivity index (χ1) is 11.3. The lowest BCUT2D eigenvalue weighted by molar-refractivity contribution is 0.305. The molecule has 126 valence electrons. The summed E-state index contributed by atoms with van der Waals surface area (Å²) < 4.78 is 8.65. The standard InChI is InChI=1S/C18H19BrClN3O/c1-18(2,3)11-23-14-8-9-15(16(19)17(14)21-22-23)24-10-12-6-4-5-7-13(12)20/h4-9H,10-11H2,1-3H3. The molecule has 4 nitrogen and oxygen atoms in total. The number of benzene rings is 2. The zero-order valence-corrected chi connectivity index (χ0v) is 16.2. The monoisotopic (exact) mass is 407 g/mol. The average molecular weight is 409 g/mol. The highest BCUT2D eigenvalue weighted by atomic mass is 79.9. The Balaban J connectivity index is 1.86. The summed E-state index contributed by atoms with van der Waals surface area (Å²) in [5.74, 6) is 0.727. The van der Waals surface area contributed by atoms with Crippen LogP contribution in [0, 0.1) is 5.41 Å². The van der Waals surface area contributed by atoms with E-state index in [1.165, 1.54) is 0 Å². The van der Waals surface area contributed by atoms with E-state index >= 15 is 0 Å². The lowest BCUT2D eigenvalue weighted by Crippen LogP contribution is -2.16. The fourth-order valence-corrected chi connectivity index (χ4v) is 3.15. The van der Waals surface area contributed by atoms with Gasteiger partial charge in [0.05, 0.1) is 9.99 Å². The van der Waals surface area contributed by atoms with Crippen molar-refractivity contribution >= 4 is 38.6 Å². The summed E-state index contributed by atoms with van der Waals surface area (Å²) in [5.41, 5.74) is 2.87. The van der Waals surface area contributed by atoms with E-state index in [1.807, 2.05) is 41.1 Å². The van der Waals surface area contributed by atoms with Crippen LogP contribution in [-0.4, -0.2) is 15.0 Å². The third kappa shape index (κ3) is 3.73. The van der Waals surface area contributed by atoms with Gasteiger partial charge in [-0.2, -0.15) is 0 Å². The van der Waals surface area contributed by atoms with E-state index < -0.39 is 0 Å². The van der Waals surface area contributed by atoms with Crippen molar-refractivity contribution in [2.24, 2.45) is 5.41 Å². The van der Waals surface area contributed by atoms with Gasteiger partial charge in [0.1, 0.15) is 17.9 Å². The largest absolute Gasteiger partial charge is 0.488 e. The van der Waals surface area contributed by atoms with Gasteiger partial charge in [0.15, 0.2) is 0 Å². The number of fused-ring (bicyclic) bond motifs is 1. The molecule has 6 heteroatoms. The van der Waals surface area contributed by atoms with Gasteiger partial charge in [-0.3, -0.25) is 0 Å². The Hall–Kier alpha value is -1.59. The summed E-state index contributed by atoms with van der Waals surface area (Å²) in [6.07, 6.45) is 0. The first kappa shape index (κ1) is 17.2. The second-order valence-electron chi connectivity index (χ2n) is 6.93. The molecule has 0 saturated heterocycles. The van der Waals surface area contributed by atoms with Crippen molar-refractivity contribution in [3.63, 3.8) is 0 Å². The number of halogens is 2. The number of hydrogen-bond donors (Lipinski definition) is 0. The Labute approximate surface area is 154 Å². The highest BCUT2D eigenvalue weighted by Gasteiger charge is 2.17. The Morgan fingerprint density at radius 2 is 1.92 bits per heavy atom. The fraction of sp³-hybridized carbons (Fsp3) is 0.333. The molecule has 0 aliphatic rings. The summed E-state index contributed by atoms with van der Waals surface area (Å²) in [4.78, 5) is 0. The van der Waals surface area contributed by atoms with Gasteiger partial charge < -0.3 is 4.74 Å². The second-order valence-corrected chi connectivity index (χ2v) is 8.13. The van der Waals surface area contributed by atoms with Gasteiger partial charge in [-0.25, -0.2) is 4.68 Å². The quantitative estimate of drug-likeness (QED) is 0.574. The van der Waals surface area contributed by atoms with Gasteiger partial charge in [-0.1, -0.05) is 55.8 Å². The summed E-state index contributed by atoms with van der Waals surface area (Å²) in [6, 6.07) is 11.6. The molecule has 1 aromatic heterocycles. The maximum absolute atomic E-state index is 6.17. The minimum absolute atomic E-state index is 0.131. The Kier molecular flexibility index (Phi) is 4.83. The van der Waals surface area contributed by atoms with Crippen LogP contribution in [0.5, 0.6) is 5.75 Å². The zero-order chi connectivity index (χ0) is 17.3. The van der Waals surface area contributed by atoms with Gasteiger partial charge in [-0.05, 0) is 39.5 Å². The second kappa shape index (κ2) is 6.73. The molecule has 2 aromatic carbocycles. The zero-order valence-electron chi connectivity index (χ0n) is 13.9. The number of ether oxygens (including phenoxy) is 1. The molecule has 0 unspecified atom stereocenters. The first-order valence-corrected chi connectivity index (χ1v) is 8.90. The van der Waals surface area contributed by atoms with Gasteiger partial charge in [0.2, 0.25) is 0 Å². The summed E-state index contributed by atoms with van der Waals surface area (Å²) in [6.45, 7) is 7.74. The molecule has 3 aromatic rings. The molecule has 0 radical (unpaired) electrons. The molecule has 1 heterocycles. The molecule has 0 aliphatic carbocycles. The van der Waals surface area contributed by atoms with Crippen LogP contribution in [0.25, 0.3) is 11.0 Å². The van der Waals surface area contributed by atoms with E-state index in [0.717, 1.165) is 33.4 Å². The smallest absolute Gasteiger partial charge is 0.136 e. The van der Waals surface area contributed by atoms with E-state index in [1.54, 1.807) is 0 Å². The predicted molar refractivity (Wildman–Crippen MR) is 100 cm³/mol. The highest BCUT2D eigenvalue weighted by molar-refractivity contribution is 9.10. The van der Waals surface area contributed by atoms with E-state index in [0.29, 0.717) is 11.6 Å². The number of hydrogen-bond acceptors (Lipinski definition) is 3. The van der Waals surface area contributed by atoms with Crippen LogP contribution in [-0.2, 0) is 13.2 Å². The Morgan fingerprint density at radius 1 is 1.17 bits per heavy atom. The maximum Gasteiger partial charge on any atom is 0.136 e. The maximum atomic E-state index is 6.17. The first-order valence-electron chi connectivity index (χ1n) is 7.73. The van der Waals surface area contributed by atoms with Crippen LogP contribution in [0.4, 0.5) is 0 Å². The molecule has 0 N–H and O–H groups in total. The normalized spacial score (nSPS) is 11.9. The van der Waals surface area contributed by atoms with Crippen molar-refractivity contribution in [3.8, 4) is 5.75 Å². The molecule has 0 aliphatic heterocycles. The van der Waals surface area contributed by atoms with Crippen LogP contribution >= 0.6 is 27.5 Å². The van der Waals surface area contributed by atoms with E-state index in [-0.39, 0.29) is 5.41 Å². The molecule has 0 amide bonds. The number of aromatic nitrogens is 3. The molecular formula is C18H19BrClN3O. The van der Waals surface area contributed by atoms with Gasteiger partial charge in [0, 0.05) is 17.1 Å². The third-order valence-corrected chi connectivity index (χ3v) is 4.69. The van der Waals surface area contributed by atoms with E-state index in [2.05, 4.69) is 47.0 Å². The summed E-state index contributed by atoms with van der Waals surface area (Å²) in [7, 11) is 0. The van der Waals surface area contributed by atoms with Gasteiger partial charge in [0.25, 0.3) is 0 Å². The van der Waals surface area contributed by atoms with Crippen LogP contribution in [0.15, 0.2) is 40.9 Å². The van der Waals surface area contributed by atoms with E-state index in [9.17, 15) is 0 Å². The predicted octanol–water partition coefficient (Wildman–Crippen LogP) is 5.47. The van der Waals surface area contributed by atoms with Crippen LogP contribution in [0.1, 0.15) is 26.3 Å². The molecule has 0 saturated carbocycles. The minimum Gasteiger partial charge on any atom is -0.488 e. The molecule has 0 fully saturated rings. The van der Waals surface area contributed by atoms with Gasteiger partial charge >= 0.3 is 0 Å². The molecule has 0 atom stereocenters. The Bertz CT molecular complexity index is 870. The Morgan fingerprint density at radius 3 is 2.62 bits per heavy atom. The fourth-order valence-electron chi connectivity index (χ4n) is 2.43.